The molecule has 38 heavy (non-hydrogen) atoms. The van der Waals surface area contributed by atoms with Crippen molar-refractivity contribution in [3.05, 3.63) is 83.4 Å². The lowest BCUT2D eigenvalue weighted by molar-refractivity contribution is -0.115. The first-order valence-electron chi connectivity index (χ1n) is 13.1. The molecule has 0 spiro atoms. The molecule has 3 aromatic rings. The number of nitrogens with zero attached hydrogens (tertiary/aromatic N) is 1. The van der Waals surface area contributed by atoms with Crippen molar-refractivity contribution >= 4 is 17.4 Å². The van der Waals surface area contributed by atoms with Gasteiger partial charge in [0.1, 0.15) is 17.2 Å². The molecule has 0 atom stereocenters. The standard InChI is InChI=1S/C31H36N2O5/c1-37-27-11-12-28(30(21-27)38-2)29(35)10-5-15-33-16-13-23(14-17-33)24-7-4-8-25(20-24)32-31(36)19-22-6-3-9-26(34)18-22/h3-4,6-9,11-12,18,20-21,23,34H,5,10,13-17,19H2,1-2H3,(H,32,36). The Morgan fingerprint density at radius 3 is 2.50 bits per heavy atom. The number of amides is 1. The molecular weight excluding hydrogens is 480 g/mol. The number of phenolic OH excluding ortho intramolecular Hbond substituents is 1. The van der Waals surface area contributed by atoms with Gasteiger partial charge >= 0.3 is 0 Å². The van der Waals surface area contributed by atoms with Gasteiger partial charge in [-0.3, -0.25) is 9.59 Å². The summed E-state index contributed by atoms with van der Waals surface area (Å²) in [6.45, 7) is 2.86. The Bertz CT molecular complexity index is 1250. The molecule has 1 fully saturated rings. The number of rotatable bonds is 11. The first-order chi connectivity index (χ1) is 18.4. The molecule has 1 aliphatic heterocycles. The van der Waals surface area contributed by atoms with Crippen LogP contribution in [0, 0.1) is 0 Å². The summed E-state index contributed by atoms with van der Waals surface area (Å²) in [6, 6.07) is 20.2. The number of ether oxygens (including phenoxy) is 2. The molecule has 0 radical (unpaired) electrons. The van der Waals surface area contributed by atoms with Crippen molar-refractivity contribution in [2.45, 2.75) is 38.0 Å². The number of carbonyl (C=O) groups is 2. The van der Waals surface area contributed by atoms with Crippen molar-refractivity contribution < 1.29 is 24.2 Å². The minimum absolute atomic E-state index is 0.0855. The molecule has 2 N–H and O–H groups in total. The van der Waals surface area contributed by atoms with Crippen molar-refractivity contribution in [3.8, 4) is 17.2 Å². The van der Waals surface area contributed by atoms with Gasteiger partial charge in [-0.05, 0) is 92.3 Å². The number of hydrogen-bond donors (Lipinski definition) is 2. The van der Waals surface area contributed by atoms with Crippen LogP contribution in [-0.4, -0.2) is 55.6 Å². The monoisotopic (exact) mass is 516 g/mol. The molecular formula is C31H36N2O5. The van der Waals surface area contributed by atoms with Crippen LogP contribution in [0.15, 0.2) is 66.7 Å². The van der Waals surface area contributed by atoms with E-state index in [1.165, 1.54) is 5.56 Å². The molecule has 1 heterocycles. The van der Waals surface area contributed by atoms with E-state index in [9.17, 15) is 14.7 Å². The molecule has 4 rings (SSSR count). The number of hydrogen-bond acceptors (Lipinski definition) is 6. The zero-order valence-electron chi connectivity index (χ0n) is 22.1. The topological polar surface area (TPSA) is 88.1 Å². The molecule has 1 aliphatic rings. The molecule has 3 aromatic carbocycles. The molecule has 0 aliphatic carbocycles. The summed E-state index contributed by atoms with van der Waals surface area (Å²) in [7, 11) is 3.16. The van der Waals surface area contributed by atoms with Crippen LogP contribution in [0.25, 0.3) is 0 Å². The average Bonchev–Trinajstić information content (AvgIpc) is 2.93. The van der Waals surface area contributed by atoms with Gasteiger partial charge < -0.3 is 24.8 Å². The minimum atomic E-state index is -0.107. The van der Waals surface area contributed by atoms with Gasteiger partial charge in [-0.1, -0.05) is 24.3 Å². The smallest absolute Gasteiger partial charge is 0.228 e. The van der Waals surface area contributed by atoms with Crippen LogP contribution >= 0.6 is 0 Å². The number of nitrogens with one attached hydrogen (secondary N) is 1. The first kappa shape index (κ1) is 27.2. The Balaban J connectivity index is 1.23. The lowest BCUT2D eigenvalue weighted by atomic mass is 9.89. The summed E-state index contributed by atoms with van der Waals surface area (Å²) < 4.78 is 10.6. The number of piperidine rings is 1. The molecule has 0 bridgehead atoms. The van der Waals surface area contributed by atoms with Gasteiger partial charge in [0.25, 0.3) is 0 Å². The van der Waals surface area contributed by atoms with Gasteiger partial charge in [-0.2, -0.15) is 0 Å². The van der Waals surface area contributed by atoms with E-state index in [1.807, 2.05) is 18.2 Å². The number of likely N-dealkylation sites (tertiary alicyclic amines) is 1. The van der Waals surface area contributed by atoms with E-state index in [-0.39, 0.29) is 23.9 Å². The highest BCUT2D eigenvalue weighted by Crippen LogP contribution is 2.30. The van der Waals surface area contributed by atoms with Gasteiger partial charge in [0.05, 0.1) is 26.2 Å². The highest BCUT2D eigenvalue weighted by Gasteiger charge is 2.21. The molecule has 7 heteroatoms. The summed E-state index contributed by atoms with van der Waals surface area (Å²) >= 11 is 0. The maximum Gasteiger partial charge on any atom is 0.228 e. The summed E-state index contributed by atoms with van der Waals surface area (Å²) in [6.07, 6.45) is 3.58. The van der Waals surface area contributed by atoms with Gasteiger partial charge in [0.2, 0.25) is 5.91 Å². The Morgan fingerprint density at radius 1 is 0.974 bits per heavy atom. The largest absolute Gasteiger partial charge is 0.508 e. The zero-order chi connectivity index (χ0) is 26.9. The quantitative estimate of drug-likeness (QED) is 0.330. The molecule has 200 valence electrons. The van der Waals surface area contributed by atoms with Crippen molar-refractivity contribution in [2.75, 3.05) is 39.2 Å². The third-order valence-electron chi connectivity index (χ3n) is 7.09. The maximum absolute atomic E-state index is 12.7. The first-order valence-corrected chi connectivity index (χ1v) is 13.1. The van der Waals surface area contributed by atoms with E-state index >= 15 is 0 Å². The fourth-order valence-electron chi connectivity index (χ4n) is 5.04. The number of Topliss-reactive ketones (excluding diaryl/α,β-unsaturated/α-hetero) is 1. The second-order valence-electron chi connectivity index (χ2n) is 9.73. The number of methoxy groups -OCH3 is 2. The van der Waals surface area contributed by atoms with Crippen molar-refractivity contribution in [3.63, 3.8) is 0 Å². The van der Waals surface area contributed by atoms with Crippen LogP contribution in [0.5, 0.6) is 17.2 Å². The summed E-state index contributed by atoms with van der Waals surface area (Å²) in [4.78, 5) is 27.7. The van der Waals surface area contributed by atoms with E-state index in [1.54, 1.807) is 50.6 Å². The van der Waals surface area contributed by atoms with Crippen LogP contribution in [-0.2, 0) is 11.2 Å². The molecule has 7 nitrogen and oxygen atoms in total. The Hall–Kier alpha value is -3.84. The zero-order valence-corrected chi connectivity index (χ0v) is 22.1. The number of ketones is 1. The lowest BCUT2D eigenvalue weighted by Gasteiger charge is -2.32. The van der Waals surface area contributed by atoms with E-state index in [4.69, 9.17) is 9.47 Å². The second-order valence-corrected chi connectivity index (χ2v) is 9.73. The number of phenols is 1. The van der Waals surface area contributed by atoms with Gasteiger partial charge in [0.15, 0.2) is 5.78 Å². The van der Waals surface area contributed by atoms with Crippen molar-refractivity contribution in [1.29, 1.82) is 0 Å². The number of anilines is 1. The molecule has 0 saturated carbocycles. The summed E-state index contributed by atoms with van der Waals surface area (Å²) in [5.74, 6) is 1.80. The van der Waals surface area contributed by atoms with E-state index in [0.717, 1.165) is 50.1 Å². The minimum Gasteiger partial charge on any atom is -0.508 e. The summed E-state index contributed by atoms with van der Waals surface area (Å²) in [5.41, 5.74) is 3.40. The number of benzene rings is 3. The van der Waals surface area contributed by atoms with Gasteiger partial charge in [0, 0.05) is 18.2 Å². The normalized spacial score (nSPS) is 14.2. The Kier molecular flexibility index (Phi) is 9.38. The average molecular weight is 517 g/mol. The fourth-order valence-corrected chi connectivity index (χ4v) is 5.04. The number of carbonyl (C=O) groups excluding carboxylic acids is 2. The number of aromatic hydroxyl groups is 1. The van der Waals surface area contributed by atoms with E-state index < -0.39 is 0 Å². The van der Waals surface area contributed by atoms with Crippen LogP contribution < -0.4 is 14.8 Å². The molecule has 0 aromatic heterocycles. The Morgan fingerprint density at radius 2 is 1.76 bits per heavy atom. The SMILES string of the molecule is COc1ccc(C(=O)CCCN2CCC(c3cccc(NC(=O)Cc4cccc(O)c4)c3)CC2)c(OC)c1. The predicted molar refractivity (Wildman–Crippen MR) is 148 cm³/mol. The van der Waals surface area contributed by atoms with Crippen molar-refractivity contribution in [2.24, 2.45) is 0 Å². The molecule has 1 saturated heterocycles. The van der Waals surface area contributed by atoms with Gasteiger partial charge in [-0.25, -0.2) is 0 Å². The fraction of sp³-hybridized carbons (Fsp3) is 0.355. The maximum atomic E-state index is 12.7. The van der Waals surface area contributed by atoms with Crippen molar-refractivity contribution in [1.82, 2.24) is 4.90 Å². The van der Waals surface area contributed by atoms with E-state index in [2.05, 4.69) is 22.3 Å². The Labute approximate surface area is 224 Å². The third kappa shape index (κ3) is 7.35. The lowest BCUT2D eigenvalue weighted by Crippen LogP contribution is -2.33. The third-order valence-corrected chi connectivity index (χ3v) is 7.09. The second kappa shape index (κ2) is 13.1. The summed E-state index contributed by atoms with van der Waals surface area (Å²) in [5, 5.41) is 12.6. The predicted octanol–water partition coefficient (Wildman–Crippen LogP) is 5.43. The molecule has 0 unspecified atom stereocenters. The highest BCUT2D eigenvalue weighted by molar-refractivity contribution is 5.98. The van der Waals surface area contributed by atoms with Gasteiger partial charge in [-0.15, -0.1) is 0 Å². The van der Waals surface area contributed by atoms with Crippen LogP contribution in [0.3, 0.4) is 0 Å². The molecule has 1 amide bonds. The van der Waals surface area contributed by atoms with E-state index in [0.29, 0.717) is 29.4 Å². The van der Waals surface area contributed by atoms with Crippen LogP contribution in [0.1, 0.15) is 53.1 Å². The van der Waals surface area contributed by atoms with Crippen LogP contribution in [0.4, 0.5) is 5.69 Å². The van der Waals surface area contributed by atoms with Crippen LogP contribution in [0.2, 0.25) is 0 Å². The highest BCUT2D eigenvalue weighted by atomic mass is 16.5.